The third kappa shape index (κ3) is 2.43. The van der Waals surface area contributed by atoms with E-state index >= 15 is 0 Å². The largest absolute Gasteiger partial charge is 0.315 e. The SMILES string of the molecule is CCn1c(C)nnc1CS(=O)(=O)[C@H]1CCc2c(F)cccc21. The van der Waals surface area contributed by atoms with Crippen LogP contribution in [0.15, 0.2) is 18.2 Å². The maximum atomic E-state index is 13.8. The number of rotatable bonds is 4. The fourth-order valence-electron chi connectivity index (χ4n) is 3.17. The first-order valence-electron chi connectivity index (χ1n) is 7.31. The topological polar surface area (TPSA) is 64.8 Å². The molecule has 3 rings (SSSR count). The zero-order valence-electron chi connectivity index (χ0n) is 12.6. The molecule has 22 heavy (non-hydrogen) atoms. The number of fused-ring (bicyclic) bond motifs is 1. The predicted molar refractivity (Wildman–Crippen MR) is 80.5 cm³/mol. The maximum Gasteiger partial charge on any atom is 0.164 e. The fraction of sp³-hybridized carbons (Fsp3) is 0.467. The first-order valence-corrected chi connectivity index (χ1v) is 9.03. The molecular formula is C15H18FN3O2S. The van der Waals surface area contributed by atoms with Gasteiger partial charge in [0, 0.05) is 6.54 Å². The number of nitrogens with zero attached hydrogens (tertiary/aromatic N) is 3. The lowest BCUT2D eigenvalue weighted by atomic mass is 10.1. The van der Waals surface area contributed by atoms with E-state index in [1.165, 1.54) is 6.07 Å². The van der Waals surface area contributed by atoms with Crippen molar-refractivity contribution in [2.45, 2.75) is 44.2 Å². The minimum absolute atomic E-state index is 0.164. The van der Waals surface area contributed by atoms with Crippen molar-refractivity contribution in [2.24, 2.45) is 0 Å². The molecule has 1 aromatic carbocycles. The smallest absolute Gasteiger partial charge is 0.164 e. The number of hydrogen-bond acceptors (Lipinski definition) is 4. The van der Waals surface area contributed by atoms with Crippen LogP contribution in [0.1, 0.15) is 41.4 Å². The van der Waals surface area contributed by atoms with Crippen LogP contribution < -0.4 is 0 Å². The molecule has 0 saturated heterocycles. The number of benzene rings is 1. The summed E-state index contributed by atoms with van der Waals surface area (Å²) < 4.78 is 41.1. The van der Waals surface area contributed by atoms with Crippen LogP contribution in [-0.4, -0.2) is 23.2 Å². The van der Waals surface area contributed by atoms with Gasteiger partial charge in [0.15, 0.2) is 9.84 Å². The standard InChI is InChI=1S/C15H18FN3O2S/c1-3-19-10(2)17-18-15(19)9-22(20,21)14-8-7-11-12(14)5-4-6-13(11)16/h4-6,14H,3,7-9H2,1-2H3/t14-/m0/s1. The molecule has 1 atom stereocenters. The highest BCUT2D eigenvalue weighted by Gasteiger charge is 2.35. The highest BCUT2D eigenvalue weighted by molar-refractivity contribution is 7.90. The van der Waals surface area contributed by atoms with Crippen molar-refractivity contribution in [1.29, 1.82) is 0 Å². The first-order chi connectivity index (χ1) is 10.4. The van der Waals surface area contributed by atoms with Crippen LogP contribution in [0.25, 0.3) is 0 Å². The molecule has 5 nitrogen and oxygen atoms in total. The molecule has 1 heterocycles. The van der Waals surface area contributed by atoms with E-state index < -0.39 is 15.1 Å². The molecule has 2 aromatic rings. The highest BCUT2D eigenvalue weighted by Crippen LogP contribution is 2.39. The van der Waals surface area contributed by atoms with Crippen molar-refractivity contribution in [3.05, 3.63) is 46.8 Å². The van der Waals surface area contributed by atoms with Crippen molar-refractivity contribution in [3.63, 3.8) is 0 Å². The molecule has 1 aliphatic rings. The Morgan fingerprint density at radius 1 is 1.36 bits per heavy atom. The van der Waals surface area contributed by atoms with Crippen LogP contribution in [0.5, 0.6) is 0 Å². The van der Waals surface area contributed by atoms with E-state index in [9.17, 15) is 12.8 Å². The third-order valence-electron chi connectivity index (χ3n) is 4.25. The Morgan fingerprint density at radius 2 is 2.14 bits per heavy atom. The zero-order valence-corrected chi connectivity index (χ0v) is 13.4. The minimum Gasteiger partial charge on any atom is -0.315 e. The lowest BCUT2D eigenvalue weighted by molar-refractivity contribution is 0.575. The number of halogens is 1. The van der Waals surface area contributed by atoms with Gasteiger partial charge in [-0.3, -0.25) is 0 Å². The molecule has 0 fully saturated rings. The number of aromatic nitrogens is 3. The Labute approximate surface area is 129 Å². The molecule has 1 aromatic heterocycles. The molecule has 0 spiro atoms. The van der Waals surface area contributed by atoms with Gasteiger partial charge in [0.1, 0.15) is 23.2 Å². The van der Waals surface area contributed by atoms with Gasteiger partial charge >= 0.3 is 0 Å². The van der Waals surface area contributed by atoms with Gasteiger partial charge < -0.3 is 4.57 Å². The summed E-state index contributed by atoms with van der Waals surface area (Å²) in [6.45, 7) is 4.35. The van der Waals surface area contributed by atoms with E-state index in [1.54, 1.807) is 23.6 Å². The lowest BCUT2D eigenvalue weighted by Crippen LogP contribution is -2.16. The van der Waals surface area contributed by atoms with Gasteiger partial charge in [-0.05, 0) is 43.9 Å². The molecule has 118 valence electrons. The van der Waals surface area contributed by atoms with Gasteiger partial charge in [-0.25, -0.2) is 12.8 Å². The van der Waals surface area contributed by atoms with E-state index in [0.29, 0.717) is 42.2 Å². The van der Waals surface area contributed by atoms with E-state index in [0.717, 1.165) is 0 Å². The van der Waals surface area contributed by atoms with Crippen molar-refractivity contribution in [3.8, 4) is 0 Å². The molecule has 0 amide bonds. The molecule has 0 saturated carbocycles. The number of hydrogen-bond donors (Lipinski definition) is 0. The third-order valence-corrected chi connectivity index (χ3v) is 6.27. The Balaban J connectivity index is 1.94. The van der Waals surface area contributed by atoms with Gasteiger partial charge in [0.25, 0.3) is 0 Å². The van der Waals surface area contributed by atoms with E-state index in [4.69, 9.17) is 0 Å². The van der Waals surface area contributed by atoms with Crippen LogP contribution in [-0.2, 0) is 28.6 Å². The first kappa shape index (κ1) is 15.1. The van der Waals surface area contributed by atoms with Crippen molar-refractivity contribution in [1.82, 2.24) is 14.8 Å². The molecule has 0 bridgehead atoms. The maximum absolute atomic E-state index is 13.8. The predicted octanol–water partition coefficient (Wildman–Crippen LogP) is 2.35. The zero-order chi connectivity index (χ0) is 15.9. The lowest BCUT2D eigenvalue weighted by Gasteiger charge is -2.13. The Kier molecular flexibility index (Phi) is 3.76. The summed E-state index contributed by atoms with van der Waals surface area (Å²) in [6.07, 6.45) is 0.892. The van der Waals surface area contributed by atoms with Crippen LogP contribution in [0.2, 0.25) is 0 Å². The number of sulfone groups is 1. The molecule has 0 unspecified atom stereocenters. The highest BCUT2D eigenvalue weighted by atomic mass is 32.2. The fourth-order valence-corrected chi connectivity index (χ4v) is 5.03. The van der Waals surface area contributed by atoms with Crippen molar-refractivity contribution in [2.75, 3.05) is 0 Å². The Hall–Kier alpha value is -1.76. The van der Waals surface area contributed by atoms with Crippen molar-refractivity contribution >= 4 is 9.84 Å². The molecular weight excluding hydrogens is 305 g/mol. The van der Waals surface area contributed by atoms with Gasteiger partial charge in [0.2, 0.25) is 0 Å². The normalized spacial score (nSPS) is 17.7. The second-order valence-corrected chi connectivity index (χ2v) is 7.73. The van der Waals surface area contributed by atoms with Gasteiger partial charge in [-0.1, -0.05) is 12.1 Å². The summed E-state index contributed by atoms with van der Waals surface area (Å²) >= 11 is 0. The summed E-state index contributed by atoms with van der Waals surface area (Å²) in [4.78, 5) is 0. The molecule has 0 radical (unpaired) electrons. The van der Waals surface area contributed by atoms with E-state index in [1.807, 2.05) is 6.92 Å². The molecule has 1 aliphatic carbocycles. The van der Waals surface area contributed by atoms with Crippen molar-refractivity contribution < 1.29 is 12.8 Å². The van der Waals surface area contributed by atoms with E-state index in [2.05, 4.69) is 10.2 Å². The second kappa shape index (κ2) is 5.46. The average Bonchev–Trinajstić information content (AvgIpc) is 3.04. The van der Waals surface area contributed by atoms with Crippen LogP contribution in [0, 0.1) is 12.7 Å². The monoisotopic (exact) mass is 323 g/mol. The summed E-state index contributed by atoms with van der Waals surface area (Å²) in [7, 11) is -3.45. The molecule has 7 heteroatoms. The number of aryl methyl sites for hydroxylation is 1. The Morgan fingerprint density at radius 3 is 2.86 bits per heavy atom. The molecule has 0 aliphatic heterocycles. The van der Waals surface area contributed by atoms with Gasteiger partial charge in [-0.15, -0.1) is 10.2 Å². The van der Waals surface area contributed by atoms with E-state index in [-0.39, 0.29) is 11.6 Å². The quantitative estimate of drug-likeness (QED) is 0.866. The van der Waals surface area contributed by atoms with Crippen LogP contribution >= 0.6 is 0 Å². The van der Waals surface area contributed by atoms with Gasteiger partial charge in [0.05, 0.1) is 5.25 Å². The summed E-state index contributed by atoms with van der Waals surface area (Å²) in [5.41, 5.74) is 1.13. The summed E-state index contributed by atoms with van der Waals surface area (Å²) in [5, 5.41) is 7.27. The minimum atomic E-state index is -3.45. The van der Waals surface area contributed by atoms with Crippen LogP contribution in [0.3, 0.4) is 0 Å². The molecule has 0 N–H and O–H groups in total. The Bertz CT molecular complexity index is 814. The van der Waals surface area contributed by atoms with Gasteiger partial charge in [-0.2, -0.15) is 0 Å². The average molecular weight is 323 g/mol. The summed E-state index contributed by atoms with van der Waals surface area (Å²) in [5.74, 6) is 0.667. The second-order valence-electron chi connectivity index (χ2n) is 5.55. The summed E-state index contributed by atoms with van der Waals surface area (Å²) in [6, 6.07) is 4.66. The van der Waals surface area contributed by atoms with Crippen LogP contribution in [0.4, 0.5) is 4.39 Å².